The van der Waals surface area contributed by atoms with Gasteiger partial charge < -0.3 is 10.4 Å². The highest BCUT2D eigenvalue weighted by atomic mass is 32.2. The molecule has 4 heterocycles. The Morgan fingerprint density at radius 1 is 1.29 bits per heavy atom. The van der Waals surface area contributed by atoms with Gasteiger partial charge in [-0.1, -0.05) is 12.1 Å². The molecule has 9 heteroatoms. The number of nitrogens with zero attached hydrogens (tertiary/aromatic N) is 2. The third kappa shape index (κ3) is 3.20. The minimum atomic E-state index is -1.17. The number of rotatable bonds is 5. The standard InChI is InChI=1S/C19H17N3O4S2/c1-10-14(12-6-2-3-7-20-12)16(19(25)26)22-17(24)15(18(22)28-10)21-13(23)9-11-5-4-8-27-11/h2-8,10,15,18H,9H2,1H3,(H,21,23)(H,25,26)/t10?,15?,18-/m1/s1. The molecule has 144 valence electrons. The molecule has 2 aromatic heterocycles. The van der Waals surface area contributed by atoms with Crippen LogP contribution in [0.5, 0.6) is 0 Å². The third-order valence-corrected chi connectivity index (χ3v) is 6.95. The van der Waals surface area contributed by atoms with Gasteiger partial charge >= 0.3 is 5.97 Å². The summed E-state index contributed by atoms with van der Waals surface area (Å²) in [4.78, 5) is 43.4. The number of amides is 2. The van der Waals surface area contributed by atoms with E-state index in [1.807, 2.05) is 24.4 Å². The predicted octanol–water partition coefficient (Wildman–Crippen LogP) is 1.97. The van der Waals surface area contributed by atoms with Crippen LogP contribution in [0.2, 0.25) is 0 Å². The van der Waals surface area contributed by atoms with Gasteiger partial charge in [0, 0.05) is 21.9 Å². The molecule has 2 N–H and O–H groups in total. The molecular formula is C19H17N3O4S2. The zero-order chi connectivity index (χ0) is 19.8. The molecule has 2 aliphatic rings. The summed E-state index contributed by atoms with van der Waals surface area (Å²) in [6.45, 7) is 1.89. The molecule has 0 radical (unpaired) electrons. The van der Waals surface area contributed by atoms with Crippen LogP contribution in [0.1, 0.15) is 17.5 Å². The number of carbonyl (C=O) groups is 3. The highest BCUT2D eigenvalue weighted by Crippen LogP contribution is 2.46. The van der Waals surface area contributed by atoms with Crippen LogP contribution in [-0.4, -0.2) is 49.4 Å². The van der Waals surface area contributed by atoms with Crippen LogP contribution in [0, 0.1) is 0 Å². The lowest BCUT2D eigenvalue weighted by molar-refractivity contribution is -0.150. The maximum atomic E-state index is 12.7. The highest BCUT2D eigenvalue weighted by molar-refractivity contribution is 8.01. The molecule has 0 aromatic carbocycles. The SMILES string of the molecule is CC1S[C@@H]2C(NC(=O)Cc3cccs3)C(=O)N2C(C(=O)O)=C1c1ccccn1. The van der Waals surface area contributed by atoms with Crippen LogP contribution >= 0.6 is 23.1 Å². The molecule has 2 unspecified atom stereocenters. The fourth-order valence-corrected chi connectivity index (χ4v) is 5.60. The molecule has 0 bridgehead atoms. The zero-order valence-electron chi connectivity index (χ0n) is 14.9. The number of hydrogen-bond acceptors (Lipinski definition) is 6. The summed E-state index contributed by atoms with van der Waals surface area (Å²) in [5.74, 6) is -1.82. The van der Waals surface area contributed by atoms with Crippen molar-refractivity contribution in [3.8, 4) is 0 Å². The van der Waals surface area contributed by atoms with Crippen molar-refractivity contribution in [3.63, 3.8) is 0 Å². The molecule has 4 rings (SSSR count). The summed E-state index contributed by atoms with van der Waals surface area (Å²) >= 11 is 2.93. The molecule has 1 fully saturated rings. The van der Waals surface area contributed by atoms with E-state index in [0.717, 1.165) is 4.88 Å². The van der Waals surface area contributed by atoms with Crippen molar-refractivity contribution >= 4 is 46.5 Å². The first-order valence-corrected chi connectivity index (χ1v) is 10.5. The van der Waals surface area contributed by atoms with E-state index in [9.17, 15) is 19.5 Å². The molecule has 2 aromatic rings. The van der Waals surface area contributed by atoms with Crippen molar-refractivity contribution in [2.45, 2.75) is 30.0 Å². The Kier molecular flexibility index (Phi) is 4.94. The number of carbonyl (C=O) groups excluding carboxylic acids is 2. The lowest BCUT2D eigenvalue weighted by Gasteiger charge is -2.51. The largest absolute Gasteiger partial charge is 0.477 e. The Labute approximate surface area is 169 Å². The van der Waals surface area contributed by atoms with Crippen molar-refractivity contribution in [2.75, 3.05) is 0 Å². The Hall–Kier alpha value is -2.65. The van der Waals surface area contributed by atoms with E-state index in [-0.39, 0.29) is 23.3 Å². The van der Waals surface area contributed by atoms with Crippen LogP contribution < -0.4 is 5.32 Å². The fraction of sp³-hybridized carbons (Fsp3) is 0.263. The van der Waals surface area contributed by atoms with Crippen LogP contribution in [-0.2, 0) is 20.8 Å². The average Bonchev–Trinajstić information content (AvgIpc) is 3.18. The van der Waals surface area contributed by atoms with E-state index in [1.165, 1.54) is 28.0 Å². The quantitative estimate of drug-likeness (QED) is 0.725. The molecule has 2 amide bonds. The van der Waals surface area contributed by atoms with Gasteiger partial charge in [-0.2, -0.15) is 0 Å². The minimum Gasteiger partial charge on any atom is -0.477 e. The van der Waals surface area contributed by atoms with Crippen molar-refractivity contribution < 1.29 is 19.5 Å². The first-order valence-electron chi connectivity index (χ1n) is 8.66. The minimum absolute atomic E-state index is 0.0521. The lowest BCUT2D eigenvalue weighted by atomic mass is 9.98. The summed E-state index contributed by atoms with van der Waals surface area (Å²) in [6, 6.07) is 8.28. The summed E-state index contributed by atoms with van der Waals surface area (Å²) in [5, 5.41) is 13.8. The highest BCUT2D eigenvalue weighted by Gasteiger charge is 2.55. The monoisotopic (exact) mass is 415 g/mol. The molecule has 0 spiro atoms. The van der Waals surface area contributed by atoms with E-state index < -0.39 is 23.3 Å². The van der Waals surface area contributed by atoms with Gasteiger partial charge in [0.05, 0.1) is 12.1 Å². The van der Waals surface area contributed by atoms with Gasteiger partial charge in [-0.3, -0.25) is 19.5 Å². The van der Waals surface area contributed by atoms with Gasteiger partial charge in [0.1, 0.15) is 17.1 Å². The number of carboxylic acids is 1. The van der Waals surface area contributed by atoms with Crippen molar-refractivity contribution in [2.24, 2.45) is 0 Å². The van der Waals surface area contributed by atoms with Gasteiger partial charge in [-0.25, -0.2) is 4.79 Å². The maximum Gasteiger partial charge on any atom is 0.353 e. The van der Waals surface area contributed by atoms with E-state index in [1.54, 1.807) is 24.4 Å². The van der Waals surface area contributed by atoms with Crippen LogP contribution in [0.4, 0.5) is 0 Å². The van der Waals surface area contributed by atoms with Crippen molar-refractivity contribution in [1.82, 2.24) is 15.2 Å². The number of pyridine rings is 1. The topological polar surface area (TPSA) is 99.6 Å². The molecule has 28 heavy (non-hydrogen) atoms. The number of nitrogens with one attached hydrogen (secondary N) is 1. The smallest absolute Gasteiger partial charge is 0.353 e. The van der Waals surface area contributed by atoms with Gasteiger partial charge in [0.25, 0.3) is 5.91 Å². The average molecular weight is 415 g/mol. The third-order valence-electron chi connectivity index (χ3n) is 4.66. The Balaban J connectivity index is 1.59. The molecule has 3 atom stereocenters. The van der Waals surface area contributed by atoms with Gasteiger partial charge in [-0.05, 0) is 30.5 Å². The summed E-state index contributed by atoms with van der Waals surface area (Å²) in [7, 11) is 0. The zero-order valence-corrected chi connectivity index (χ0v) is 16.5. The lowest BCUT2D eigenvalue weighted by Crippen LogP contribution is -2.71. The molecule has 1 saturated heterocycles. The second-order valence-electron chi connectivity index (χ2n) is 6.46. The Morgan fingerprint density at radius 2 is 2.11 bits per heavy atom. The second kappa shape index (κ2) is 7.40. The first-order chi connectivity index (χ1) is 13.5. The number of β-lactam (4-membered cyclic amide) rings is 1. The van der Waals surface area contributed by atoms with Crippen molar-refractivity contribution in [3.05, 3.63) is 58.2 Å². The number of aliphatic carboxylic acids is 1. The number of thiophene rings is 1. The number of hydrogen-bond donors (Lipinski definition) is 2. The van der Waals surface area contributed by atoms with Crippen LogP contribution in [0.3, 0.4) is 0 Å². The van der Waals surface area contributed by atoms with Gasteiger partial charge in [-0.15, -0.1) is 23.1 Å². The van der Waals surface area contributed by atoms with Crippen LogP contribution in [0.25, 0.3) is 5.57 Å². The number of aromatic nitrogens is 1. The Bertz CT molecular complexity index is 959. The van der Waals surface area contributed by atoms with E-state index in [0.29, 0.717) is 11.3 Å². The van der Waals surface area contributed by atoms with Crippen molar-refractivity contribution in [1.29, 1.82) is 0 Å². The maximum absolute atomic E-state index is 12.7. The van der Waals surface area contributed by atoms with E-state index in [4.69, 9.17) is 0 Å². The number of carboxylic acid groups (broad SMARTS) is 1. The number of fused-ring (bicyclic) bond motifs is 1. The molecular weight excluding hydrogens is 398 g/mol. The molecule has 2 aliphatic heterocycles. The van der Waals surface area contributed by atoms with E-state index >= 15 is 0 Å². The predicted molar refractivity (Wildman–Crippen MR) is 106 cm³/mol. The van der Waals surface area contributed by atoms with Gasteiger partial charge in [0.15, 0.2) is 0 Å². The Morgan fingerprint density at radius 3 is 2.75 bits per heavy atom. The van der Waals surface area contributed by atoms with E-state index in [2.05, 4.69) is 10.3 Å². The summed E-state index contributed by atoms with van der Waals surface area (Å²) in [6.07, 6.45) is 1.80. The molecule has 7 nitrogen and oxygen atoms in total. The molecule has 0 saturated carbocycles. The van der Waals surface area contributed by atoms with Gasteiger partial charge in [0.2, 0.25) is 5.91 Å². The summed E-state index contributed by atoms with van der Waals surface area (Å²) in [5.41, 5.74) is 1.01. The first kappa shape index (κ1) is 18.7. The molecule has 0 aliphatic carbocycles. The normalized spacial score (nSPS) is 23.8. The second-order valence-corrected chi connectivity index (χ2v) is 8.96. The van der Waals surface area contributed by atoms with Crippen LogP contribution in [0.15, 0.2) is 47.6 Å². The summed E-state index contributed by atoms with van der Waals surface area (Å²) < 4.78 is 0. The fourth-order valence-electron chi connectivity index (χ4n) is 3.44. The number of thioether (sulfide) groups is 1.